The van der Waals surface area contributed by atoms with Crippen molar-refractivity contribution in [3.63, 3.8) is 0 Å². The molecule has 92 valence electrons. The lowest BCUT2D eigenvalue weighted by atomic mass is 10.2. The number of aliphatic carboxylic acids is 1. The van der Waals surface area contributed by atoms with Crippen molar-refractivity contribution >= 4 is 5.97 Å². The summed E-state index contributed by atoms with van der Waals surface area (Å²) in [6.07, 6.45) is 4.30. The Hall–Kier alpha value is -0.870. The Morgan fingerprint density at radius 3 is 2.81 bits per heavy atom. The predicted octanol–water partition coefficient (Wildman–Crippen LogP) is 1.04. The largest absolute Gasteiger partial charge is 0.478 e. The van der Waals surface area contributed by atoms with Crippen LogP contribution in [0.3, 0.4) is 0 Å². The molecule has 0 saturated carbocycles. The lowest BCUT2D eigenvalue weighted by Crippen LogP contribution is -2.36. The number of hydrogen-bond acceptors (Lipinski definition) is 3. The fourth-order valence-corrected chi connectivity index (χ4v) is 2.02. The second kappa shape index (κ2) is 6.01. The first-order valence-corrected chi connectivity index (χ1v) is 5.79. The van der Waals surface area contributed by atoms with Crippen molar-refractivity contribution in [1.29, 1.82) is 0 Å². The van der Waals surface area contributed by atoms with Gasteiger partial charge in [-0.15, -0.1) is 0 Å². The van der Waals surface area contributed by atoms with Crippen LogP contribution < -0.4 is 0 Å². The van der Waals surface area contributed by atoms with Gasteiger partial charge in [0.1, 0.15) is 0 Å². The standard InChI is InChI=1S/C12H22N2O2/c1-10(12(15)16)6-8-13(2)9-11-5-4-7-14(11)3/h6,11H,4-5,7-9H2,1-3H3,(H,15,16). The summed E-state index contributed by atoms with van der Waals surface area (Å²) in [5.41, 5.74) is 0.423. The molecule has 16 heavy (non-hydrogen) atoms. The van der Waals surface area contributed by atoms with Crippen LogP contribution >= 0.6 is 0 Å². The second-order valence-electron chi connectivity index (χ2n) is 4.69. The maximum Gasteiger partial charge on any atom is 0.330 e. The Labute approximate surface area is 97.5 Å². The number of carboxylic acids is 1. The van der Waals surface area contributed by atoms with E-state index in [0.29, 0.717) is 18.2 Å². The Bertz CT molecular complexity index is 276. The van der Waals surface area contributed by atoms with Gasteiger partial charge >= 0.3 is 5.97 Å². The summed E-state index contributed by atoms with van der Waals surface area (Å²) >= 11 is 0. The van der Waals surface area contributed by atoms with E-state index in [2.05, 4.69) is 16.8 Å². The molecule has 4 nitrogen and oxygen atoms in total. The van der Waals surface area contributed by atoms with E-state index in [4.69, 9.17) is 5.11 Å². The molecule has 1 saturated heterocycles. The van der Waals surface area contributed by atoms with Crippen molar-refractivity contribution in [2.75, 3.05) is 33.7 Å². The van der Waals surface area contributed by atoms with E-state index in [0.717, 1.165) is 6.54 Å². The van der Waals surface area contributed by atoms with Crippen LogP contribution in [0, 0.1) is 0 Å². The molecule has 1 aliphatic rings. The normalized spacial score (nSPS) is 23.0. The van der Waals surface area contributed by atoms with Gasteiger partial charge in [-0.2, -0.15) is 0 Å². The van der Waals surface area contributed by atoms with E-state index in [9.17, 15) is 4.79 Å². The van der Waals surface area contributed by atoms with Crippen molar-refractivity contribution in [1.82, 2.24) is 9.80 Å². The molecule has 1 N–H and O–H groups in total. The van der Waals surface area contributed by atoms with Gasteiger partial charge in [0.25, 0.3) is 0 Å². The summed E-state index contributed by atoms with van der Waals surface area (Å²) in [6.45, 7) is 4.54. The number of likely N-dealkylation sites (tertiary alicyclic amines) is 1. The summed E-state index contributed by atoms with van der Waals surface area (Å²) in [5, 5.41) is 8.73. The molecule has 0 bridgehead atoms. The molecule has 0 amide bonds. The van der Waals surface area contributed by atoms with Crippen LogP contribution in [0.5, 0.6) is 0 Å². The smallest absolute Gasteiger partial charge is 0.330 e. The first-order chi connectivity index (χ1) is 7.50. The van der Waals surface area contributed by atoms with E-state index in [1.807, 2.05) is 7.05 Å². The molecule has 0 radical (unpaired) electrons. The van der Waals surface area contributed by atoms with Crippen LogP contribution in [0.2, 0.25) is 0 Å². The monoisotopic (exact) mass is 226 g/mol. The summed E-state index contributed by atoms with van der Waals surface area (Å²) in [6, 6.07) is 0.628. The minimum absolute atomic E-state index is 0.423. The zero-order valence-electron chi connectivity index (χ0n) is 10.4. The zero-order chi connectivity index (χ0) is 12.1. The molecule has 1 fully saturated rings. The third-order valence-corrected chi connectivity index (χ3v) is 3.24. The van der Waals surface area contributed by atoms with Crippen LogP contribution in [-0.4, -0.2) is 60.6 Å². The highest BCUT2D eigenvalue weighted by Gasteiger charge is 2.21. The summed E-state index contributed by atoms with van der Waals surface area (Å²) in [7, 11) is 4.20. The molecule has 1 atom stereocenters. The van der Waals surface area contributed by atoms with Gasteiger partial charge in [-0.1, -0.05) is 6.08 Å². The van der Waals surface area contributed by atoms with E-state index in [1.54, 1.807) is 13.0 Å². The van der Waals surface area contributed by atoms with Gasteiger partial charge in [-0.25, -0.2) is 4.79 Å². The Morgan fingerprint density at radius 2 is 2.31 bits per heavy atom. The molecule has 0 spiro atoms. The van der Waals surface area contributed by atoms with Gasteiger partial charge in [0, 0.05) is 24.7 Å². The molecule has 0 aromatic heterocycles. The van der Waals surface area contributed by atoms with E-state index in [-0.39, 0.29) is 0 Å². The number of likely N-dealkylation sites (N-methyl/N-ethyl adjacent to an activating group) is 2. The van der Waals surface area contributed by atoms with Crippen LogP contribution in [-0.2, 0) is 4.79 Å². The number of hydrogen-bond donors (Lipinski definition) is 1. The third-order valence-electron chi connectivity index (χ3n) is 3.24. The number of carbonyl (C=O) groups is 1. The van der Waals surface area contributed by atoms with E-state index < -0.39 is 5.97 Å². The third kappa shape index (κ3) is 3.94. The molecule has 1 rings (SSSR count). The molecule has 0 aromatic rings. The lowest BCUT2D eigenvalue weighted by molar-refractivity contribution is -0.132. The van der Waals surface area contributed by atoms with Crippen LogP contribution in [0.15, 0.2) is 11.6 Å². The van der Waals surface area contributed by atoms with Crippen LogP contribution in [0.25, 0.3) is 0 Å². The van der Waals surface area contributed by atoms with Gasteiger partial charge in [0.15, 0.2) is 0 Å². The van der Waals surface area contributed by atoms with Crippen LogP contribution in [0.4, 0.5) is 0 Å². The highest BCUT2D eigenvalue weighted by atomic mass is 16.4. The Balaban J connectivity index is 2.33. The predicted molar refractivity (Wildman–Crippen MR) is 64.5 cm³/mol. The zero-order valence-corrected chi connectivity index (χ0v) is 10.4. The molecule has 1 unspecified atom stereocenters. The van der Waals surface area contributed by atoms with Crippen molar-refractivity contribution in [3.05, 3.63) is 11.6 Å². The maximum absolute atomic E-state index is 10.6. The number of carboxylic acid groups (broad SMARTS) is 1. The maximum atomic E-state index is 10.6. The highest BCUT2D eigenvalue weighted by molar-refractivity contribution is 5.85. The van der Waals surface area contributed by atoms with Gasteiger partial charge in [0.05, 0.1) is 0 Å². The number of rotatable bonds is 5. The molecule has 0 aromatic carbocycles. The summed E-state index contributed by atoms with van der Waals surface area (Å²) in [5.74, 6) is -0.827. The highest BCUT2D eigenvalue weighted by Crippen LogP contribution is 2.15. The van der Waals surface area contributed by atoms with Gasteiger partial charge in [0.2, 0.25) is 0 Å². The fraction of sp³-hybridized carbons (Fsp3) is 0.750. The first-order valence-electron chi connectivity index (χ1n) is 5.79. The first kappa shape index (κ1) is 13.2. The summed E-state index contributed by atoms with van der Waals surface area (Å²) in [4.78, 5) is 15.2. The minimum Gasteiger partial charge on any atom is -0.478 e. The van der Waals surface area contributed by atoms with Crippen molar-refractivity contribution in [2.24, 2.45) is 0 Å². The Morgan fingerprint density at radius 1 is 1.62 bits per heavy atom. The van der Waals surface area contributed by atoms with Gasteiger partial charge in [-0.05, 0) is 40.4 Å². The van der Waals surface area contributed by atoms with E-state index >= 15 is 0 Å². The van der Waals surface area contributed by atoms with E-state index in [1.165, 1.54) is 19.4 Å². The fourth-order valence-electron chi connectivity index (χ4n) is 2.02. The second-order valence-corrected chi connectivity index (χ2v) is 4.69. The molecule has 0 aliphatic carbocycles. The average Bonchev–Trinajstić information content (AvgIpc) is 2.60. The summed E-state index contributed by atoms with van der Waals surface area (Å²) < 4.78 is 0. The average molecular weight is 226 g/mol. The quantitative estimate of drug-likeness (QED) is 0.711. The lowest BCUT2D eigenvalue weighted by Gasteiger charge is -2.24. The molecular weight excluding hydrogens is 204 g/mol. The SMILES string of the molecule is CC(=CCN(C)CC1CCCN1C)C(=O)O. The van der Waals surface area contributed by atoms with Crippen molar-refractivity contribution in [3.8, 4) is 0 Å². The molecule has 4 heteroatoms. The molecule has 1 aliphatic heterocycles. The molecular formula is C12H22N2O2. The minimum atomic E-state index is -0.827. The van der Waals surface area contributed by atoms with Gasteiger partial charge in [-0.3, -0.25) is 0 Å². The Kier molecular flexibility index (Phi) is 4.96. The van der Waals surface area contributed by atoms with Crippen LogP contribution in [0.1, 0.15) is 19.8 Å². The topological polar surface area (TPSA) is 43.8 Å². The van der Waals surface area contributed by atoms with Gasteiger partial charge < -0.3 is 14.9 Å². The molecule has 1 heterocycles. The number of nitrogens with zero attached hydrogens (tertiary/aromatic N) is 2. The van der Waals surface area contributed by atoms with Crippen molar-refractivity contribution in [2.45, 2.75) is 25.8 Å². The van der Waals surface area contributed by atoms with Crippen molar-refractivity contribution < 1.29 is 9.90 Å².